The second-order valence-electron chi connectivity index (χ2n) is 5.63. The van der Waals surface area contributed by atoms with E-state index in [1.54, 1.807) is 26.0 Å². The minimum atomic E-state index is -0.495. The highest BCUT2D eigenvalue weighted by atomic mass is 19.1. The molecule has 0 bridgehead atoms. The van der Waals surface area contributed by atoms with Crippen LogP contribution in [0.4, 0.5) is 4.39 Å². The van der Waals surface area contributed by atoms with Crippen molar-refractivity contribution in [2.45, 2.75) is 52.2 Å². The lowest BCUT2D eigenvalue weighted by atomic mass is 9.77. The number of ether oxygens (including phenoxy) is 1. The molecule has 0 aliphatic heterocycles. The van der Waals surface area contributed by atoms with Crippen LogP contribution in [0.1, 0.15) is 49.0 Å². The van der Waals surface area contributed by atoms with Gasteiger partial charge in [-0.25, -0.2) is 4.39 Å². The summed E-state index contributed by atoms with van der Waals surface area (Å²) < 4.78 is 19.1. The molecule has 0 heterocycles. The zero-order chi connectivity index (χ0) is 14.0. The summed E-state index contributed by atoms with van der Waals surface area (Å²) in [5.41, 5.74) is 2.04. The Labute approximate surface area is 114 Å². The number of aliphatic hydroxyl groups excluding tert-OH is 1. The Morgan fingerprint density at radius 2 is 1.89 bits per heavy atom. The Hall–Kier alpha value is -0.930. The summed E-state index contributed by atoms with van der Waals surface area (Å²) in [6.07, 6.45) is 2.69. The summed E-state index contributed by atoms with van der Waals surface area (Å²) in [6.45, 7) is 6.25. The van der Waals surface area contributed by atoms with Gasteiger partial charge < -0.3 is 9.84 Å². The minimum absolute atomic E-state index is 0.170. The van der Waals surface area contributed by atoms with Crippen LogP contribution in [0.25, 0.3) is 0 Å². The van der Waals surface area contributed by atoms with Gasteiger partial charge in [-0.05, 0) is 62.6 Å². The van der Waals surface area contributed by atoms with E-state index in [4.69, 9.17) is 4.74 Å². The van der Waals surface area contributed by atoms with Gasteiger partial charge in [-0.2, -0.15) is 0 Å². The van der Waals surface area contributed by atoms with Crippen molar-refractivity contribution in [2.75, 3.05) is 6.61 Å². The Morgan fingerprint density at radius 1 is 1.32 bits per heavy atom. The molecule has 2 nitrogen and oxygen atoms in total. The highest BCUT2D eigenvalue weighted by molar-refractivity contribution is 5.31. The standard InChI is InChI=1S/C16H23FO2/c1-4-19-14-7-12(8-14)9-15(18)13-5-10(2)16(17)11(3)6-13/h5-6,12,14-15,18H,4,7-9H2,1-3H3. The zero-order valence-corrected chi connectivity index (χ0v) is 11.9. The summed E-state index contributed by atoms with van der Waals surface area (Å²) >= 11 is 0. The maximum absolute atomic E-state index is 13.6. The van der Waals surface area contributed by atoms with Crippen LogP contribution in [-0.2, 0) is 4.74 Å². The summed E-state index contributed by atoms with van der Waals surface area (Å²) in [4.78, 5) is 0. The molecule has 1 aromatic carbocycles. The van der Waals surface area contributed by atoms with E-state index in [1.807, 2.05) is 6.92 Å². The van der Waals surface area contributed by atoms with Gasteiger partial charge >= 0.3 is 0 Å². The summed E-state index contributed by atoms with van der Waals surface area (Å²) in [6, 6.07) is 3.51. The molecule has 2 rings (SSSR count). The van der Waals surface area contributed by atoms with E-state index in [0.29, 0.717) is 23.1 Å². The van der Waals surface area contributed by atoms with E-state index < -0.39 is 6.10 Å². The first-order chi connectivity index (χ1) is 9.01. The fourth-order valence-corrected chi connectivity index (χ4v) is 2.86. The van der Waals surface area contributed by atoms with Gasteiger partial charge in [0.2, 0.25) is 0 Å². The van der Waals surface area contributed by atoms with Crippen molar-refractivity contribution in [3.8, 4) is 0 Å². The zero-order valence-electron chi connectivity index (χ0n) is 11.9. The fraction of sp³-hybridized carbons (Fsp3) is 0.625. The molecule has 1 aliphatic carbocycles. The molecule has 0 saturated heterocycles. The first-order valence-electron chi connectivity index (χ1n) is 7.07. The van der Waals surface area contributed by atoms with Crippen LogP contribution < -0.4 is 0 Å². The molecule has 0 radical (unpaired) electrons. The van der Waals surface area contributed by atoms with Crippen LogP contribution in [0.2, 0.25) is 0 Å². The maximum Gasteiger partial charge on any atom is 0.129 e. The molecule has 0 amide bonds. The maximum atomic E-state index is 13.6. The van der Waals surface area contributed by atoms with Gasteiger partial charge in [-0.1, -0.05) is 12.1 Å². The summed E-state index contributed by atoms with van der Waals surface area (Å²) in [7, 11) is 0. The third-order valence-corrected chi connectivity index (χ3v) is 3.99. The van der Waals surface area contributed by atoms with Crippen molar-refractivity contribution in [1.82, 2.24) is 0 Å². The minimum Gasteiger partial charge on any atom is -0.388 e. The number of aryl methyl sites for hydroxylation is 2. The molecule has 0 spiro atoms. The molecule has 1 atom stereocenters. The highest BCUT2D eigenvalue weighted by Gasteiger charge is 2.31. The lowest BCUT2D eigenvalue weighted by molar-refractivity contribution is -0.0380. The Balaban J connectivity index is 1.92. The third kappa shape index (κ3) is 3.34. The molecule has 19 heavy (non-hydrogen) atoms. The Kier molecular flexibility index (Phi) is 4.58. The number of benzene rings is 1. The normalized spacial score (nSPS) is 24.1. The lowest BCUT2D eigenvalue weighted by Gasteiger charge is -2.36. The molecule has 1 fully saturated rings. The second kappa shape index (κ2) is 6.02. The van der Waals surface area contributed by atoms with Crippen molar-refractivity contribution in [3.05, 3.63) is 34.6 Å². The first-order valence-corrected chi connectivity index (χ1v) is 7.07. The van der Waals surface area contributed by atoms with Gasteiger partial charge in [-0.3, -0.25) is 0 Å². The molecule has 1 aromatic rings. The molecule has 1 unspecified atom stereocenters. The van der Waals surface area contributed by atoms with Crippen molar-refractivity contribution in [3.63, 3.8) is 0 Å². The SMILES string of the molecule is CCOC1CC(CC(O)c2cc(C)c(F)c(C)c2)C1. The number of hydrogen-bond donors (Lipinski definition) is 1. The van der Waals surface area contributed by atoms with Crippen LogP contribution in [0.5, 0.6) is 0 Å². The van der Waals surface area contributed by atoms with Crippen LogP contribution in [-0.4, -0.2) is 17.8 Å². The van der Waals surface area contributed by atoms with E-state index in [-0.39, 0.29) is 5.82 Å². The topological polar surface area (TPSA) is 29.5 Å². The first kappa shape index (κ1) is 14.5. The Bertz CT molecular complexity index is 415. The van der Waals surface area contributed by atoms with Crippen LogP contribution in [0.3, 0.4) is 0 Å². The number of halogens is 1. The van der Waals surface area contributed by atoms with Gasteiger partial charge in [-0.15, -0.1) is 0 Å². The number of rotatable bonds is 5. The monoisotopic (exact) mass is 266 g/mol. The van der Waals surface area contributed by atoms with Gasteiger partial charge in [0.05, 0.1) is 12.2 Å². The number of aliphatic hydroxyl groups is 1. The molecular formula is C16H23FO2. The molecule has 3 heteroatoms. The quantitative estimate of drug-likeness (QED) is 0.881. The van der Waals surface area contributed by atoms with E-state index >= 15 is 0 Å². The van der Waals surface area contributed by atoms with Crippen LogP contribution in [0.15, 0.2) is 12.1 Å². The van der Waals surface area contributed by atoms with E-state index in [1.165, 1.54) is 0 Å². The highest BCUT2D eigenvalue weighted by Crippen LogP contribution is 2.37. The predicted molar refractivity (Wildman–Crippen MR) is 73.6 cm³/mol. The summed E-state index contributed by atoms with van der Waals surface area (Å²) in [5, 5.41) is 10.2. The molecule has 1 N–H and O–H groups in total. The van der Waals surface area contributed by atoms with Crippen molar-refractivity contribution in [2.24, 2.45) is 5.92 Å². The largest absolute Gasteiger partial charge is 0.388 e. The van der Waals surface area contributed by atoms with E-state index in [9.17, 15) is 9.50 Å². The second-order valence-corrected chi connectivity index (χ2v) is 5.63. The van der Waals surface area contributed by atoms with Crippen LogP contribution >= 0.6 is 0 Å². The molecule has 1 saturated carbocycles. The molecule has 0 aromatic heterocycles. The summed E-state index contributed by atoms with van der Waals surface area (Å²) in [5.74, 6) is 0.355. The van der Waals surface area contributed by atoms with Gasteiger partial charge in [0.25, 0.3) is 0 Å². The Morgan fingerprint density at radius 3 is 2.42 bits per heavy atom. The molecule has 1 aliphatic rings. The van der Waals surface area contributed by atoms with Gasteiger partial charge in [0.1, 0.15) is 5.82 Å². The van der Waals surface area contributed by atoms with Crippen LogP contribution in [0, 0.1) is 25.6 Å². The average Bonchev–Trinajstić information content (AvgIpc) is 2.32. The fourth-order valence-electron chi connectivity index (χ4n) is 2.86. The smallest absolute Gasteiger partial charge is 0.129 e. The van der Waals surface area contributed by atoms with Gasteiger partial charge in [0, 0.05) is 6.61 Å². The van der Waals surface area contributed by atoms with E-state index in [0.717, 1.165) is 31.4 Å². The number of hydrogen-bond acceptors (Lipinski definition) is 2. The van der Waals surface area contributed by atoms with Crippen molar-refractivity contribution >= 4 is 0 Å². The lowest BCUT2D eigenvalue weighted by Crippen LogP contribution is -2.32. The van der Waals surface area contributed by atoms with Gasteiger partial charge in [0.15, 0.2) is 0 Å². The average molecular weight is 266 g/mol. The molecular weight excluding hydrogens is 243 g/mol. The van der Waals surface area contributed by atoms with Crippen molar-refractivity contribution in [1.29, 1.82) is 0 Å². The third-order valence-electron chi connectivity index (χ3n) is 3.99. The predicted octanol–water partition coefficient (Wildman–Crippen LogP) is 3.68. The van der Waals surface area contributed by atoms with Crippen molar-refractivity contribution < 1.29 is 14.2 Å². The van der Waals surface area contributed by atoms with E-state index in [2.05, 4.69) is 0 Å². The molecule has 106 valence electrons.